The van der Waals surface area contributed by atoms with Crippen LogP contribution in [0.1, 0.15) is 63.8 Å². The Bertz CT molecular complexity index is 717. The molecule has 0 unspecified atom stereocenters. The zero-order valence-electron chi connectivity index (χ0n) is 14.2. The number of imidazole rings is 1. The van der Waals surface area contributed by atoms with Crippen molar-refractivity contribution in [2.45, 2.75) is 69.9 Å². The molecule has 2 saturated carbocycles. The number of nitrogens with zero attached hydrogens (tertiary/aromatic N) is 2. The monoisotopic (exact) mass is 326 g/mol. The summed E-state index contributed by atoms with van der Waals surface area (Å²) in [5, 5.41) is 0. The minimum absolute atomic E-state index is 0.0753. The SMILES string of the molecule is O=c1n(-c2ccc(OC3CCCC3)cc2)ccn1C1CCCCC1. The van der Waals surface area contributed by atoms with Crippen LogP contribution >= 0.6 is 0 Å². The predicted octanol–water partition coefficient (Wildman–Crippen LogP) is 4.47. The van der Waals surface area contributed by atoms with Gasteiger partial charge in [0.15, 0.2) is 0 Å². The molecule has 2 aliphatic carbocycles. The highest BCUT2D eigenvalue weighted by atomic mass is 16.5. The van der Waals surface area contributed by atoms with Crippen LogP contribution in [0.2, 0.25) is 0 Å². The summed E-state index contributed by atoms with van der Waals surface area (Å²) in [6, 6.07) is 8.31. The third-order valence-corrected chi connectivity index (χ3v) is 5.49. The molecule has 0 amide bonds. The van der Waals surface area contributed by atoms with Gasteiger partial charge in [0.25, 0.3) is 0 Å². The van der Waals surface area contributed by atoms with Gasteiger partial charge >= 0.3 is 5.69 Å². The van der Waals surface area contributed by atoms with Gasteiger partial charge in [-0.15, -0.1) is 0 Å². The third kappa shape index (κ3) is 3.14. The van der Waals surface area contributed by atoms with Crippen molar-refractivity contribution in [2.75, 3.05) is 0 Å². The maximum atomic E-state index is 12.7. The summed E-state index contributed by atoms with van der Waals surface area (Å²) in [6.45, 7) is 0. The lowest BCUT2D eigenvalue weighted by Gasteiger charge is -2.22. The number of hydrogen-bond acceptors (Lipinski definition) is 2. The minimum Gasteiger partial charge on any atom is -0.490 e. The molecular formula is C20H26N2O2. The first-order valence-corrected chi connectivity index (χ1v) is 9.38. The van der Waals surface area contributed by atoms with Gasteiger partial charge in [-0.3, -0.25) is 9.13 Å². The van der Waals surface area contributed by atoms with Gasteiger partial charge in [0.05, 0.1) is 11.8 Å². The van der Waals surface area contributed by atoms with Crippen LogP contribution in [0.4, 0.5) is 0 Å². The summed E-state index contributed by atoms with van der Waals surface area (Å²) in [7, 11) is 0. The van der Waals surface area contributed by atoms with Crippen LogP contribution in [0.3, 0.4) is 0 Å². The molecule has 0 aliphatic heterocycles. The van der Waals surface area contributed by atoms with Crippen molar-refractivity contribution in [3.8, 4) is 11.4 Å². The van der Waals surface area contributed by atoms with E-state index in [1.165, 1.54) is 32.1 Å². The Hall–Kier alpha value is -1.97. The van der Waals surface area contributed by atoms with Crippen LogP contribution in [0.25, 0.3) is 5.69 Å². The van der Waals surface area contributed by atoms with E-state index in [9.17, 15) is 4.79 Å². The van der Waals surface area contributed by atoms with E-state index in [1.54, 1.807) is 4.57 Å². The molecule has 24 heavy (non-hydrogen) atoms. The third-order valence-electron chi connectivity index (χ3n) is 5.49. The molecule has 1 aromatic heterocycles. The molecule has 2 aromatic rings. The standard InChI is InChI=1S/C20H26N2O2/c23-20-21(16-6-2-1-3-7-16)14-15-22(20)17-10-12-19(13-11-17)24-18-8-4-5-9-18/h10-16,18H,1-9H2. The zero-order valence-corrected chi connectivity index (χ0v) is 14.2. The fraction of sp³-hybridized carbons (Fsp3) is 0.550. The van der Waals surface area contributed by atoms with Crippen molar-refractivity contribution in [1.29, 1.82) is 0 Å². The van der Waals surface area contributed by atoms with Gasteiger partial charge in [-0.1, -0.05) is 19.3 Å². The smallest absolute Gasteiger partial charge is 0.332 e. The molecule has 0 atom stereocenters. The first-order chi connectivity index (χ1) is 11.8. The predicted molar refractivity (Wildman–Crippen MR) is 95.0 cm³/mol. The molecule has 0 N–H and O–H groups in total. The number of hydrogen-bond donors (Lipinski definition) is 0. The molecule has 0 bridgehead atoms. The van der Waals surface area contributed by atoms with Gasteiger partial charge in [0.1, 0.15) is 5.75 Å². The van der Waals surface area contributed by atoms with E-state index in [0.29, 0.717) is 12.1 Å². The molecule has 1 aromatic carbocycles. The normalized spacial score (nSPS) is 19.7. The van der Waals surface area contributed by atoms with E-state index in [0.717, 1.165) is 37.1 Å². The molecule has 2 fully saturated rings. The Morgan fingerprint density at radius 2 is 1.50 bits per heavy atom. The number of benzene rings is 1. The Kier molecular flexibility index (Phi) is 4.46. The summed E-state index contributed by atoms with van der Waals surface area (Å²) in [5.74, 6) is 0.908. The van der Waals surface area contributed by atoms with Crippen LogP contribution in [0.5, 0.6) is 5.75 Å². The molecule has 0 radical (unpaired) electrons. The lowest BCUT2D eigenvalue weighted by atomic mass is 9.95. The zero-order chi connectivity index (χ0) is 16.4. The summed E-state index contributed by atoms with van der Waals surface area (Å²) < 4.78 is 9.67. The highest BCUT2D eigenvalue weighted by molar-refractivity contribution is 5.37. The highest BCUT2D eigenvalue weighted by Gasteiger charge is 2.19. The van der Waals surface area contributed by atoms with Crippen molar-refractivity contribution in [3.63, 3.8) is 0 Å². The van der Waals surface area contributed by atoms with Crippen molar-refractivity contribution in [3.05, 3.63) is 47.1 Å². The van der Waals surface area contributed by atoms with Gasteiger partial charge in [0, 0.05) is 18.4 Å². The average molecular weight is 326 g/mol. The first kappa shape index (κ1) is 15.6. The first-order valence-electron chi connectivity index (χ1n) is 9.38. The van der Waals surface area contributed by atoms with Gasteiger partial charge in [-0.25, -0.2) is 4.79 Å². The molecule has 1 heterocycles. The number of rotatable bonds is 4. The summed E-state index contributed by atoms with van der Waals surface area (Å²) in [5.41, 5.74) is 0.986. The van der Waals surface area contributed by atoms with Crippen LogP contribution in [-0.4, -0.2) is 15.2 Å². The Morgan fingerprint density at radius 3 is 2.21 bits per heavy atom. The molecule has 0 saturated heterocycles. The number of aromatic nitrogens is 2. The summed E-state index contributed by atoms with van der Waals surface area (Å²) >= 11 is 0. The van der Waals surface area contributed by atoms with Gasteiger partial charge in [-0.05, 0) is 62.8 Å². The second kappa shape index (κ2) is 6.88. The van der Waals surface area contributed by atoms with Crippen molar-refractivity contribution in [1.82, 2.24) is 9.13 Å². The largest absolute Gasteiger partial charge is 0.490 e. The van der Waals surface area contributed by atoms with Crippen molar-refractivity contribution in [2.24, 2.45) is 0 Å². The van der Waals surface area contributed by atoms with Crippen LogP contribution < -0.4 is 10.4 Å². The Balaban J connectivity index is 1.51. The highest BCUT2D eigenvalue weighted by Crippen LogP contribution is 2.27. The lowest BCUT2D eigenvalue weighted by Crippen LogP contribution is -2.27. The maximum Gasteiger partial charge on any atom is 0.332 e. The van der Waals surface area contributed by atoms with E-state index in [1.807, 2.05) is 41.2 Å². The van der Waals surface area contributed by atoms with Crippen LogP contribution in [-0.2, 0) is 0 Å². The van der Waals surface area contributed by atoms with Crippen molar-refractivity contribution < 1.29 is 4.74 Å². The van der Waals surface area contributed by atoms with E-state index < -0.39 is 0 Å². The quantitative estimate of drug-likeness (QED) is 0.831. The molecule has 2 aliphatic rings. The molecule has 0 spiro atoms. The molecular weight excluding hydrogens is 300 g/mol. The molecule has 4 heteroatoms. The van der Waals surface area contributed by atoms with Gasteiger partial charge < -0.3 is 4.74 Å². The van der Waals surface area contributed by atoms with Crippen LogP contribution in [0.15, 0.2) is 41.5 Å². The van der Waals surface area contributed by atoms with Gasteiger partial charge in [-0.2, -0.15) is 0 Å². The summed E-state index contributed by atoms with van der Waals surface area (Å²) in [4.78, 5) is 12.7. The Morgan fingerprint density at radius 1 is 0.833 bits per heavy atom. The molecule has 128 valence electrons. The minimum atomic E-state index is 0.0753. The number of ether oxygens (including phenoxy) is 1. The van der Waals surface area contributed by atoms with E-state index >= 15 is 0 Å². The topological polar surface area (TPSA) is 36.2 Å². The fourth-order valence-electron chi connectivity index (χ4n) is 4.11. The van der Waals surface area contributed by atoms with Gasteiger partial charge in [0.2, 0.25) is 0 Å². The van der Waals surface area contributed by atoms with E-state index in [-0.39, 0.29) is 5.69 Å². The Labute approximate surface area is 143 Å². The van der Waals surface area contributed by atoms with E-state index in [4.69, 9.17) is 4.74 Å². The average Bonchev–Trinajstić information content (AvgIpc) is 3.26. The second-order valence-corrected chi connectivity index (χ2v) is 7.17. The van der Waals surface area contributed by atoms with E-state index in [2.05, 4.69) is 0 Å². The second-order valence-electron chi connectivity index (χ2n) is 7.17. The fourth-order valence-corrected chi connectivity index (χ4v) is 4.11. The molecule has 4 rings (SSSR count). The lowest BCUT2D eigenvalue weighted by molar-refractivity contribution is 0.210. The maximum absolute atomic E-state index is 12.7. The van der Waals surface area contributed by atoms with Crippen LogP contribution in [0, 0.1) is 0 Å². The molecule has 4 nitrogen and oxygen atoms in total. The van der Waals surface area contributed by atoms with Crippen molar-refractivity contribution >= 4 is 0 Å². The summed E-state index contributed by atoms with van der Waals surface area (Å²) in [6.07, 6.45) is 15.1.